The number of nitrogens with two attached hydrogens (primary N) is 1. The number of hydrogen-bond donors (Lipinski definition) is 1. The van der Waals surface area contributed by atoms with Crippen molar-refractivity contribution in [2.45, 2.75) is 25.6 Å². The maximum Gasteiger partial charge on any atom is 0.401 e. The van der Waals surface area contributed by atoms with E-state index in [-0.39, 0.29) is 25.7 Å². The van der Waals surface area contributed by atoms with Crippen LogP contribution in [0.4, 0.5) is 13.2 Å². The van der Waals surface area contributed by atoms with Crippen molar-refractivity contribution in [3.05, 3.63) is 29.3 Å². The van der Waals surface area contributed by atoms with Gasteiger partial charge in [0.15, 0.2) is 0 Å². The molecular formula is C14H19F3N2O. The van der Waals surface area contributed by atoms with Gasteiger partial charge in [0.05, 0.1) is 6.54 Å². The Bertz CT molecular complexity index is 462. The van der Waals surface area contributed by atoms with Crippen molar-refractivity contribution in [2.24, 2.45) is 5.73 Å². The minimum absolute atomic E-state index is 0.203. The zero-order valence-electron chi connectivity index (χ0n) is 11.4. The topological polar surface area (TPSA) is 38.5 Å². The van der Waals surface area contributed by atoms with E-state index >= 15 is 0 Å². The third-order valence-electron chi connectivity index (χ3n) is 3.27. The highest BCUT2D eigenvalue weighted by atomic mass is 19.4. The molecule has 0 spiro atoms. The summed E-state index contributed by atoms with van der Waals surface area (Å²) in [6.07, 6.45) is -3.80. The lowest BCUT2D eigenvalue weighted by Gasteiger charge is -2.25. The van der Waals surface area contributed by atoms with Crippen LogP contribution < -0.4 is 10.5 Å². The summed E-state index contributed by atoms with van der Waals surface area (Å²) in [7, 11) is 0. The van der Waals surface area contributed by atoms with Crippen LogP contribution in [0.15, 0.2) is 18.2 Å². The van der Waals surface area contributed by atoms with Gasteiger partial charge in [0, 0.05) is 26.1 Å². The molecule has 2 rings (SSSR count). The standard InChI is InChI=1S/C14H19F3N2O/c1-10-2-3-13-11(6-10)7-12(20-13)8-19(5-4-18)9-14(15,16)17/h2-3,6,12H,4-5,7-9,18H2,1H3. The van der Waals surface area contributed by atoms with Gasteiger partial charge in [-0.25, -0.2) is 0 Å². The second-order valence-corrected chi connectivity index (χ2v) is 5.19. The van der Waals surface area contributed by atoms with Crippen molar-refractivity contribution in [1.82, 2.24) is 4.90 Å². The summed E-state index contributed by atoms with van der Waals surface area (Å²) in [4.78, 5) is 1.31. The van der Waals surface area contributed by atoms with Crippen LogP contribution in [0.2, 0.25) is 0 Å². The number of aryl methyl sites for hydroxylation is 1. The van der Waals surface area contributed by atoms with Gasteiger partial charge < -0.3 is 10.5 Å². The molecule has 1 heterocycles. The number of nitrogens with zero attached hydrogens (tertiary/aromatic N) is 1. The molecule has 0 saturated carbocycles. The van der Waals surface area contributed by atoms with E-state index in [1.807, 2.05) is 25.1 Å². The Morgan fingerprint density at radius 2 is 2.15 bits per heavy atom. The van der Waals surface area contributed by atoms with Crippen molar-refractivity contribution < 1.29 is 17.9 Å². The molecule has 0 fully saturated rings. The van der Waals surface area contributed by atoms with Gasteiger partial charge >= 0.3 is 6.18 Å². The molecule has 0 radical (unpaired) electrons. The first kappa shape index (κ1) is 15.1. The third kappa shape index (κ3) is 4.11. The van der Waals surface area contributed by atoms with E-state index in [9.17, 15) is 13.2 Å². The molecule has 2 N–H and O–H groups in total. The van der Waals surface area contributed by atoms with E-state index in [0.717, 1.165) is 16.9 Å². The minimum atomic E-state index is -4.21. The zero-order chi connectivity index (χ0) is 14.8. The van der Waals surface area contributed by atoms with E-state index in [0.29, 0.717) is 6.42 Å². The minimum Gasteiger partial charge on any atom is -0.488 e. The van der Waals surface area contributed by atoms with Crippen LogP contribution in [0, 0.1) is 6.92 Å². The lowest BCUT2D eigenvalue weighted by Crippen LogP contribution is -2.43. The van der Waals surface area contributed by atoms with Gasteiger partial charge in [-0.2, -0.15) is 13.2 Å². The Balaban J connectivity index is 1.96. The first-order chi connectivity index (χ1) is 9.37. The second-order valence-electron chi connectivity index (χ2n) is 5.19. The monoisotopic (exact) mass is 288 g/mol. The van der Waals surface area contributed by atoms with Crippen LogP contribution in [0.5, 0.6) is 5.75 Å². The quantitative estimate of drug-likeness (QED) is 0.902. The summed E-state index contributed by atoms with van der Waals surface area (Å²) < 4.78 is 43.2. The van der Waals surface area contributed by atoms with Crippen LogP contribution in [-0.2, 0) is 6.42 Å². The van der Waals surface area contributed by atoms with Crippen LogP contribution in [0.25, 0.3) is 0 Å². The Morgan fingerprint density at radius 3 is 2.80 bits per heavy atom. The molecule has 0 amide bonds. The van der Waals surface area contributed by atoms with Gasteiger partial charge in [-0.05, 0) is 18.6 Å². The van der Waals surface area contributed by atoms with Crippen molar-refractivity contribution in [2.75, 3.05) is 26.2 Å². The maximum absolute atomic E-state index is 12.5. The van der Waals surface area contributed by atoms with Crippen LogP contribution in [-0.4, -0.2) is 43.4 Å². The molecule has 0 aromatic heterocycles. The zero-order valence-corrected chi connectivity index (χ0v) is 11.4. The van der Waals surface area contributed by atoms with Gasteiger partial charge in [0.2, 0.25) is 0 Å². The predicted molar refractivity (Wildman–Crippen MR) is 70.8 cm³/mol. The van der Waals surface area contributed by atoms with Crippen molar-refractivity contribution in [1.29, 1.82) is 0 Å². The third-order valence-corrected chi connectivity index (χ3v) is 3.27. The molecule has 1 aromatic carbocycles. The molecule has 3 nitrogen and oxygen atoms in total. The molecule has 0 bridgehead atoms. The fourth-order valence-electron chi connectivity index (χ4n) is 2.51. The molecule has 0 saturated heterocycles. The van der Waals surface area contributed by atoms with E-state index in [2.05, 4.69) is 0 Å². The predicted octanol–water partition coefficient (Wildman–Crippen LogP) is 2.12. The number of fused-ring (bicyclic) bond motifs is 1. The lowest BCUT2D eigenvalue weighted by molar-refractivity contribution is -0.147. The summed E-state index contributed by atoms with van der Waals surface area (Å²) in [5, 5.41) is 0. The second kappa shape index (κ2) is 6.01. The van der Waals surface area contributed by atoms with Gasteiger partial charge in [-0.15, -0.1) is 0 Å². The van der Waals surface area contributed by atoms with E-state index in [4.69, 9.17) is 10.5 Å². The first-order valence-corrected chi connectivity index (χ1v) is 6.63. The summed E-state index contributed by atoms with van der Waals surface area (Å²) >= 11 is 0. The normalized spacial score (nSPS) is 18.2. The Hall–Kier alpha value is -1.27. The van der Waals surface area contributed by atoms with E-state index in [1.165, 1.54) is 4.90 Å². The van der Waals surface area contributed by atoms with E-state index < -0.39 is 12.7 Å². The molecule has 6 heteroatoms. The van der Waals surface area contributed by atoms with Crippen molar-refractivity contribution in [3.8, 4) is 5.75 Å². The fourth-order valence-corrected chi connectivity index (χ4v) is 2.51. The molecule has 1 aromatic rings. The Morgan fingerprint density at radius 1 is 1.40 bits per heavy atom. The molecule has 1 aliphatic rings. The summed E-state index contributed by atoms with van der Waals surface area (Å²) in [6, 6.07) is 5.84. The van der Waals surface area contributed by atoms with Crippen molar-refractivity contribution in [3.63, 3.8) is 0 Å². The van der Waals surface area contributed by atoms with Gasteiger partial charge in [-0.1, -0.05) is 17.7 Å². The Kier molecular flexibility index (Phi) is 4.55. The summed E-state index contributed by atoms with van der Waals surface area (Å²) in [5.74, 6) is 0.778. The molecule has 1 atom stereocenters. The first-order valence-electron chi connectivity index (χ1n) is 6.63. The average molecular weight is 288 g/mol. The summed E-state index contributed by atoms with van der Waals surface area (Å²) in [5.41, 5.74) is 7.57. The highest BCUT2D eigenvalue weighted by Crippen LogP contribution is 2.30. The number of benzene rings is 1. The number of alkyl halides is 3. The Labute approximate surface area is 116 Å². The SMILES string of the molecule is Cc1ccc2c(c1)CC(CN(CCN)CC(F)(F)F)O2. The van der Waals surface area contributed by atoms with E-state index in [1.54, 1.807) is 0 Å². The smallest absolute Gasteiger partial charge is 0.401 e. The molecule has 0 aliphatic carbocycles. The van der Waals surface area contributed by atoms with Gasteiger partial charge in [0.25, 0.3) is 0 Å². The maximum atomic E-state index is 12.5. The molecule has 20 heavy (non-hydrogen) atoms. The van der Waals surface area contributed by atoms with Gasteiger partial charge in [-0.3, -0.25) is 4.90 Å². The fraction of sp³-hybridized carbons (Fsp3) is 0.571. The van der Waals surface area contributed by atoms with Gasteiger partial charge in [0.1, 0.15) is 11.9 Å². The van der Waals surface area contributed by atoms with Crippen LogP contribution in [0.3, 0.4) is 0 Å². The number of hydrogen-bond acceptors (Lipinski definition) is 3. The summed E-state index contributed by atoms with van der Waals surface area (Å²) in [6.45, 7) is 1.70. The van der Waals surface area contributed by atoms with Crippen LogP contribution in [0.1, 0.15) is 11.1 Å². The highest BCUT2D eigenvalue weighted by Gasteiger charge is 2.33. The number of ether oxygens (including phenoxy) is 1. The molecule has 1 aliphatic heterocycles. The average Bonchev–Trinajstić information content (AvgIpc) is 2.68. The largest absolute Gasteiger partial charge is 0.488 e. The lowest BCUT2D eigenvalue weighted by atomic mass is 10.1. The molecule has 112 valence electrons. The van der Waals surface area contributed by atoms with Crippen molar-refractivity contribution >= 4 is 0 Å². The van der Waals surface area contributed by atoms with Crippen LogP contribution >= 0.6 is 0 Å². The molecule has 1 unspecified atom stereocenters. The number of halogens is 3. The number of rotatable bonds is 5. The highest BCUT2D eigenvalue weighted by molar-refractivity contribution is 5.40. The molecular weight excluding hydrogens is 269 g/mol.